The van der Waals surface area contributed by atoms with Crippen molar-refractivity contribution in [2.75, 3.05) is 5.32 Å². The summed E-state index contributed by atoms with van der Waals surface area (Å²) in [6.45, 7) is 0. The van der Waals surface area contributed by atoms with Gasteiger partial charge in [0, 0.05) is 14.5 Å². The zero-order chi connectivity index (χ0) is 15.6. The van der Waals surface area contributed by atoms with Gasteiger partial charge in [0.05, 0.1) is 11.3 Å². The van der Waals surface area contributed by atoms with Gasteiger partial charge in [-0.05, 0) is 46.3 Å². The molecule has 0 aromatic heterocycles. The fourth-order valence-electron chi connectivity index (χ4n) is 1.70. The summed E-state index contributed by atoms with van der Waals surface area (Å²) in [5.41, 5.74) is 0.137. The van der Waals surface area contributed by atoms with Crippen LogP contribution in [0.2, 0.25) is 0 Å². The van der Waals surface area contributed by atoms with Crippen LogP contribution in [0.3, 0.4) is 0 Å². The molecule has 2 N–H and O–H groups in total. The van der Waals surface area contributed by atoms with Crippen molar-refractivity contribution in [3.63, 3.8) is 0 Å². The van der Waals surface area contributed by atoms with E-state index in [0.717, 1.165) is 6.07 Å². The molecule has 1 amide bonds. The zero-order valence-electron chi connectivity index (χ0n) is 10.4. The normalized spacial score (nSPS) is 10.2. The first-order valence-corrected chi connectivity index (χ1v) is 7.26. The first-order chi connectivity index (χ1) is 9.88. The Kier molecular flexibility index (Phi) is 4.74. The number of nitrogens with one attached hydrogen (secondary N) is 1. The van der Waals surface area contributed by atoms with Crippen LogP contribution in [0, 0.1) is 5.82 Å². The fraction of sp³-hybridized carbons (Fsp3) is 0. The topological polar surface area (TPSA) is 66.4 Å². The predicted molar refractivity (Wildman–Crippen MR) is 83.2 cm³/mol. The fourth-order valence-corrected chi connectivity index (χ4v) is 2.63. The molecule has 2 aromatic rings. The second-order valence-electron chi connectivity index (χ2n) is 4.08. The summed E-state index contributed by atoms with van der Waals surface area (Å²) in [6.07, 6.45) is 0. The number of rotatable bonds is 3. The highest BCUT2D eigenvalue weighted by Gasteiger charge is 2.16. The van der Waals surface area contributed by atoms with Crippen LogP contribution in [-0.2, 0) is 0 Å². The Labute approximate surface area is 136 Å². The van der Waals surface area contributed by atoms with E-state index in [-0.39, 0.29) is 16.8 Å². The summed E-state index contributed by atoms with van der Waals surface area (Å²) >= 11 is 6.28. The van der Waals surface area contributed by atoms with Crippen LogP contribution in [0.1, 0.15) is 20.7 Å². The highest BCUT2D eigenvalue weighted by atomic mass is 79.9. The van der Waals surface area contributed by atoms with Gasteiger partial charge in [-0.2, -0.15) is 0 Å². The standard InChI is InChI=1S/C14H8Br2FNO3/c15-8-4-7(5-9(17)6-8)13(19)18-12-10(14(20)21)2-1-3-11(12)16/h1-6H,(H,18,19)(H,20,21). The molecular weight excluding hydrogens is 409 g/mol. The average Bonchev–Trinajstić information content (AvgIpc) is 2.39. The lowest BCUT2D eigenvalue weighted by Crippen LogP contribution is -2.15. The number of halogens is 3. The van der Waals surface area contributed by atoms with Gasteiger partial charge < -0.3 is 10.4 Å². The number of hydrogen-bond acceptors (Lipinski definition) is 2. The Morgan fingerprint density at radius 2 is 1.86 bits per heavy atom. The molecule has 0 atom stereocenters. The lowest BCUT2D eigenvalue weighted by atomic mass is 10.1. The third kappa shape index (κ3) is 3.68. The number of carbonyl (C=O) groups excluding carboxylic acids is 1. The van der Waals surface area contributed by atoms with E-state index in [4.69, 9.17) is 5.11 Å². The van der Waals surface area contributed by atoms with Gasteiger partial charge in [-0.15, -0.1) is 0 Å². The molecular formula is C14H8Br2FNO3. The van der Waals surface area contributed by atoms with E-state index < -0.39 is 17.7 Å². The summed E-state index contributed by atoms with van der Waals surface area (Å²) in [5, 5.41) is 11.6. The van der Waals surface area contributed by atoms with Gasteiger partial charge in [0.15, 0.2) is 0 Å². The minimum atomic E-state index is -1.17. The quantitative estimate of drug-likeness (QED) is 0.783. The Morgan fingerprint density at radius 3 is 2.48 bits per heavy atom. The molecule has 4 nitrogen and oxygen atoms in total. The molecule has 0 aliphatic carbocycles. The van der Waals surface area contributed by atoms with Crippen molar-refractivity contribution in [2.24, 2.45) is 0 Å². The number of carbonyl (C=O) groups is 2. The molecule has 0 unspecified atom stereocenters. The summed E-state index contributed by atoms with van der Waals surface area (Å²) in [4.78, 5) is 23.3. The van der Waals surface area contributed by atoms with Crippen molar-refractivity contribution < 1.29 is 19.1 Å². The molecule has 0 fully saturated rings. The smallest absolute Gasteiger partial charge is 0.337 e. The number of anilines is 1. The number of carboxylic acid groups (broad SMARTS) is 1. The maximum Gasteiger partial charge on any atom is 0.337 e. The molecule has 0 spiro atoms. The van der Waals surface area contributed by atoms with Gasteiger partial charge in [0.1, 0.15) is 5.82 Å². The Bertz CT molecular complexity index is 714. The third-order valence-corrected chi connectivity index (χ3v) is 3.73. The maximum absolute atomic E-state index is 13.3. The Hall–Kier alpha value is -1.73. The van der Waals surface area contributed by atoms with E-state index in [1.807, 2.05) is 0 Å². The van der Waals surface area contributed by atoms with Gasteiger partial charge in [0.25, 0.3) is 5.91 Å². The van der Waals surface area contributed by atoms with Crippen molar-refractivity contribution in [2.45, 2.75) is 0 Å². The summed E-state index contributed by atoms with van der Waals surface area (Å²) < 4.78 is 14.1. The number of aromatic carboxylic acids is 1. The molecule has 0 radical (unpaired) electrons. The van der Waals surface area contributed by atoms with Crippen LogP contribution in [0.25, 0.3) is 0 Å². The SMILES string of the molecule is O=C(Nc1c(Br)cccc1C(=O)O)c1cc(F)cc(Br)c1. The average molecular weight is 417 g/mol. The minimum Gasteiger partial charge on any atom is -0.478 e. The highest BCUT2D eigenvalue weighted by molar-refractivity contribution is 9.10. The summed E-state index contributed by atoms with van der Waals surface area (Å²) in [5.74, 6) is -2.35. The molecule has 0 aliphatic rings. The second-order valence-corrected chi connectivity index (χ2v) is 5.85. The number of benzene rings is 2. The molecule has 21 heavy (non-hydrogen) atoms. The van der Waals surface area contributed by atoms with E-state index in [9.17, 15) is 14.0 Å². The summed E-state index contributed by atoms with van der Waals surface area (Å²) in [6, 6.07) is 8.24. The van der Waals surface area contributed by atoms with Crippen LogP contribution >= 0.6 is 31.9 Å². The van der Waals surface area contributed by atoms with Crippen LogP contribution in [0.15, 0.2) is 45.3 Å². The Morgan fingerprint density at radius 1 is 1.14 bits per heavy atom. The lowest BCUT2D eigenvalue weighted by Gasteiger charge is -2.11. The number of amides is 1. The number of hydrogen-bond donors (Lipinski definition) is 2. The van der Waals surface area contributed by atoms with Crippen molar-refractivity contribution in [1.29, 1.82) is 0 Å². The van der Waals surface area contributed by atoms with Gasteiger partial charge in [-0.3, -0.25) is 4.79 Å². The molecule has 0 saturated carbocycles. The first kappa shape index (κ1) is 15.7. The molecule has 108 valence electrons. The minimum absolute atomic E-state index is 0.0619. The van der Waals surface area contributed by atoms with Crippen LogP contribution in [0.4, 0.5) is 10.1 Å². The van der Waals surface area contributed by atoms with E-state index in [0.29, 0.717) is 8.95 Å². The van der Waals surface area contributed by atoms with Crippen LogP contribution in [0.5, 0.6) is 0 Å². The third-order valence-electron chi connectivity index (χ3n) is 2.61. The molecule has 2 aromatic carbocycles. The van der Waals surface area contributed by atoms with Crippen molar-refractivity contribution >= 4 is 49.4 Å². The second kappa shape index (κ2) is 6.36. The van der Waals surface area contributed by atoms with Gasteiger partial charge >= 0.3 is 5.97 Å². The first-order valence-electron chi connectivity index (χ1n) is 5.67. The summed E-state index contributed by atoms with van der Waals surface area (Å²) in [7, 11) is 0. The predicted octanol–water partition coefficient (Wildman–Crippen LogP) is 4.30. The van der Waals surface area contributed by atoms with E-state index in [2.05, 4.69) is 37.2 Å². The van der Waals surface area contributed by atoms with Gasteiger partial charge in [-0.1, -0.05) is 22.0 Å². The van der Waals surface area contributed by atoms with Gasteiger partial charge in [0.2, 0.25) is 0 Å². The molecule has 7 heteroatoms. The molecule has 0 heterocycles. The van der Waals surface area contributed by atoms with Crippen LogP contribution < -0.4 is 5.32 Å². The molecule has 0 saturated heterocycles. The highest BCUT2D eigenvalue weighted by Crippen LogP contribution is 2.27. The van der Waals surface area contributed by atoms with Crippen molar-refractivity contribution in [1.82, 2.24) is 0 Å². The van der Waals surface area contributed by atoms with Gasteiger partial charge in [-0.25, -0.2) is 9.18 Å². The maximum atomic E-state index is 13.3. The zero-order valence-corrected chi connectivity index (χ0v) is 13.5. The molecule has 0 aliphatic heterocycles. The Balaban J connectivity index is 2.38. The van der Waals surface area contributed by atoms with E-state index in [1.54, 1.807) is 12.1 Å². The number of para-hydroxylation sites is 1. The van der Waals surface area contributed by atoms with Crippen molar-refractivity contribution in [3.05, 3.63) is 62.3 Å². The number of carboxylic acids is 1. The monoisotopic (exact) mass is 415 g/mol. The van der Waals surface area contributed by atoms with E-state index in [1.165, 1.54) is 18.2 Å². The van der Waals surface area contributed by atoms with Crippen molar-refractivity contribution in [3.8, 4) is 0 Å². The van der Waals surface area contributed by atoms with E-state index >= 15 is 0 Å². The molecule has 0 bridgehead atoms. The lowest BCUT2D eigenvalue weighted by molar-refractivity contribution is 0.0698. The van der Waals surface area contributed by atoms with Crippen LogP contribution in [-0.4, -0.2) is 17.0 Å². The molecule has 2 rings (SSSR count). The largest absolute Gasteiger partial charge is 0.478 e.